The van der Waals surface area contributed by atoms with E-state index in [1.165, 1.54) is 18.2 Å². The van der Waals surface area contributed by atoms with Crippen LogP contribution in [0.2, 0.25) is 0 Å². The molecule has 0 bridgehead atoms. The Balaban J connectivity index is 1.77. The molecule has 0 radical (unpaired) electrons. The van der Waals surface area contributed by atoms with Gasteiger partial charge in [0, 0.05) is 22.2 Å². The van der Waals surface area contributed by atoms with Crippen LogP contribution < -0.4 is 5.43 Å². The highest BCUT2D eigenvalue weighted by Crippen LogP contribution is 2.31. The molecule has 0 spiro atoms. The first-order chi connectivity index (χ1) is 12.8. The zero-order valence-corrected chi connectivity index (χ0v) is 16.6. The number of nitro groups is 1. The minimum absolute atomic E-state index is 0.0511. The van der Waals surface area contributed by atoms with Crippen molar-refractivity contribution in [1.82, 2.24) is 10.4 Å². The van der Waals surface area contributed by atoms with E-state index < -0.39 is 16.7 Å². The molecule has 0 aromatic heterocycles. The third kappa shape index (κ3) is 4.41. The first kappa shape index (κ1) is 19.2. The molecule has 0 atom stereocenters. The van der Waals surface area contributed by atoms with E-state index in [0.717, 1.165) is 32.9 Å². The minimum Gasteiger partial charge on any atom is -0.267 e. The highest BCUT2D eigenvalue weighted by Gasteiger charge is 2.33. The normalized spacial score (nSPS) is 15.3. The van der Waals surface area contributed by atoms with Gasteiger partial charge in [-0.3, -0.25) is 25.1 Å². The van der Waals surface area contributed by atoms with Crippen LogP contribution in [0.5, 0.6) is 0 Å². The number of nitrogens with zero attached hydrogens (tertiary/aromatic N) is 2. The molecule has 1 saturated heterocycles. The van der Waals surface area contributed by atoms with Gasteiger partial charge in [-0.1, -0.05) is 45.9 Å². The number of hydrogen-bond donors (Lipinski definition) is 1. The van der Waals surface area contributed by atoms with Crippen LogP contribution in [-0.2, 0) is 4.79 Å². The van der Waals surface area contributed by atoms with E-state index in [4.69, 9.17) is 12.2 Å². The van der Waals surface area contributed by atoms with Crippen molar-refractivity contribution in [3.63, 3.8) is 0 Å². The number of non-ortho nitro benzene ring substituents is 1. The molecule has 7 nitrogen and oxygen atoms in total. The Labute approximate surface area is 171 Å². The van der Waals surface area contributed by atoms with Crippen molar-refractivity contribution in [1.29, 1.82) is 0 Å². The number of thiocarbonyl (C=S) groups is 1. The molecule has 1 heterocycles. The van der Waals surface area contributed by atoms with E-state index in [0.29, 0.717) is 4.91 Å². The van der Waals surface area contributed by atoms with Gasteiger partial charge in [-0.05, 0) is 42.1 Å². The monoisotopic (exact) mass is 463 g/mol. The second kappa shape index (κ2) is 7.99. The number of thioether (sulfide) groups is 1. The van der Waals surface area contributed by atoms with Crippen molar-refractivity contribution in [2.24, 2.45) is 0 Å². The molecule has 0 unspecified atom stereocenters. The number of carbonyl (C=O) groups excluding carboxylic acids is 2. The van der Waals surface area contributed by atoms with E-state index in [2.05, 4.69) is 21.4 Å². The molecule has 2 aromatic carbocycles. The summed E-state index contributed by atoms with van der Waals surface area (Å²) >= 11 is 9.57. The molecule has 10 heteroatoms. The number of hydrazine groups is 1. The van der Waals surface area contributed by atoms with Crippen LogP contribution in [0.3, 0.4) is 0 Å². The highest BCUT2D eigenvalue weighted by atomic mass is 79.9. The number of nitro benzene ring substituents is 1. The zero-order valence-electron chi connectivity index (χ0n) is 13.4. The SMILES string of the molecule is O=C(NN1C(=O)/C(=C/c2ccc(Br)cc2)SC1=S)c1cccc([N+](=O)[O-])c1. The Morgan fingerprint density at radius 1 is 1.26 bits per heavy atom. The number of benzene rings is 2. The molecule has 1 N–H and O–H groups in total. The average molecular weight is 464 g/mol. The second-order valence-electron chi connectivity index (χ2n) is 5.32. The van der Waals surface area contributed by atoms with Crippen LogP contribution in [-0.4, -0.2) is 26.1 Å². The topological polar surface area (TPSA) is 92.6 Å². The summed E-state index contributed by atoms with van der Waals surface area (Å²) < 4.78 is 1.08. The number of carbonyl (C=O) groups is 2. The summed E-state index contributed by atoms with van der Waals surface area (Å²) in [5.74, 6) is -1.13. The molecule has 1 aliphatic heterocycles. The van der Waals surface area contributed by atoms with Crippen LogP contribution in [0.25, 0.3) is 6.08 Å². The summed E-state index contributed by atoms with van der Waals surface area (Å²) in [6, 6.07) is 12.6. The lowest BCUT2D eigenvalue weighted by Crippen LogP contribution is -2.44. The maximum absolute atomic E-state index is 12.5. The predicted octanol–water partition coefficient (Wildman–Crippen LogP) is 3.90. The fourth-order valence-electron chi connectivity index (χ4n) is 2.20. The van der Waals surface area contributed by atoms with Crippen molar-refractivity contribution in [3.8, 4) is 0 Å². The third-order valence-electron chi connectivity index (χ3n) is 3.49. The molecular formula is C17H10BrN3O4S2. The smallest absolute Gasteiger partial charge is 0.267 e. The lowest BCUT2D eigenvalue weighted by atomic mass is 10.2. The quantitative estimate of drug-likeness (QED) is 0.319. The standard InChI is InChI=1S/C17H10BrN3O4S2/c18-12-6-4-10(5-7-12)8-14-16(23)20(17(26)27-14)19-15(22)11-2-1-3-13(9-11)21(24)25/h1-9H,(H,19,22)/b14-8-. The van der Waals surface area contributed by atoms with E-state index in [-0.39, 0.29) is 15.6 Å². The van der Waals surface area contributed by atoms with Gasteiger partial charge in [0.25, 0.3) is 17.5 Å². The van der Waals surface area contributed by atoms with Crippen molar-refractivity contribution in [2.75, 3.05) is 0 Å². The van der Waals surface area contributed by atoms with E-state index >= 15 is 0 Å². The Kier molecular flexibility index (Phi) is 5.68. The molecule has 0 aliphatic carbocycles. The summed E-state index contributed by atoms with van der Waals surface area (Å²) in [6.07, 6.45) is 1.67. The second-order valence-corrected chi connectivity index (χ2v) is 7.91. The number of nitrogens with one attached hydrogen (secondary N) is 1. The molecule has 2 aromatic rings. The largest absolute Gasteiger partial charge is 0.285 e. The van der Waals surface area contributed by atoms with Gasteiger partial charge in [-0.2, -0.15) is 5.01 Å². The lowest BCUT2D eigenvalue weighted by Gasteiger charge is -2.15. The summed E-state index contributed by atoms with van der Waals surface area (Å²) in [4.78, 5) is 35.5. The van der Waals surface area contributed by atoms with Gasteiger partial charge in [0.2, 0.25) is 0 Å². The first-order valence-electron chi connectivity index (χ1n) is 7.44. The molecule has 1 aliphatic rings. The average Bonchev–Trinajstić information content (AvgIpc) is 2.91. The van der Waals surface area contributed by atoms with Crippen molar-refractivity contribution in [3.05, 3.63) is 79.2 Å². The van der Waals surface area contributed by atoms with Crippen LogP contribution in [0.15, 0.2) is 57.9 Å². The van der Waals surface area contributed by atoms with Crippen molar-refractivity contribution < 1.29 is 14.5 Å². The Morgan fingerprint density at radius 3 is 2.63 bits per heavy atom. The van der Waals surface area contributed by atoms with Gasteiger partial charge in [-0.25, -0.2) is 0 Å². The summed E-state index contributed by atoms with van der Waals surface area (Å²) in [7, 11) is 0. The van der Waals surface area contributed by atoms with Crippen LogP contribution in [0.1, 0.15) is 15.9 Å². The van der Waals surface area contributed by atoms with Gasteiger partial charge >= 0.3 is 0 Å². The molecule has 3 rings (SSSR count). The zero-order chi connectivity index (χ0) is 19.6. The van der Waals surface area contributed by atoms with E-state index in [1.807, 2.05) is 24.3 Å². The van der Waals surface area contributed by atoms with Gasteiger partial charge in [0.15, 0.2) is 4.32 Å². The molecule has 27 heavy (non-hydrogen) atoms. The number of rotatable bonds is 4. The summed E-state index contributed by atoms with van der Waals surface area (Å²) in [6.45, 7) is 0. The maximum atomic E-state index is 12.5. The van der Waals surface area contributed by atoms with E-state index in [1.54, 1.807) is 6.08 Å². The predicted molar refractivity (Wildman–Crippen MR) is 110 cm³/mol. The third-order valence-corrected chi connectivity index (χ3v) is 5.32. The number of halogens is 1. The molecule has 1 fully saturated rings. The van der Waals surface area contributed by atoms with Crippen LogP contribution >= 0.6 is 39.9 Å². The number of hydrogen-bond acceptors (Lipinski definition) is 6. The van der Waals surface area contributed by atoms with Crippen molar-refractivity contribution >= 4 is 67.8 Å². The van der Waals surface area contributed by atoms with Crippen LogP contribution in [0.4, 0.5) is 5.69 Å². The maximum Gasteiger partial charge on any atom is 0.285 e. The molecule has 0 saturated carbocycles. The molecule has 136 valence electrons. The first-order valence-corrected chi connectivity index (χ1v) is 9.46. The molecule has 2 amide bonds. The van der Waals surface area contributed by atoms with Gasteiger partial charge in [-0.15, -0.1) is 0 Å². The van der Waals surface area contributed by atoms with Gasteiger partial charge in [0.1, 0.15) is 0 Å². The fraction of sp³-hybridized carbons (Fsp3) is 0. The Bertz CT molecular complexity index is 992. The minimum atomic E-state index is -0.667. The van der Waals surface area contributed by atoms with Crippen LogP contribution in [0, 0.1) is 10.1 Å². The Morgan fingerprint density at radius 2 is 1.96 bits per heavy atom. The van der Waals surface area contributed by atoms with Crippen molar-refractivity contribution in [2.45, 2.75) is 0 Å². The fourth-order valence-corrected chi connectivity index (χ4v) is 3.65. The summed E-state index contributed by atoms with van der Waals surface area (Å²) in [5, 5.41) is 11.8. The van der Waals surface area contributed by atoms with Gasteiger partial charge in [0.05, 0.1) is 9.83 Å². The summed E-state index contributed by atoms with van der Waals surface area (Å²) in [5.41, 5.74) is 3.04. The number of amides is 2. The van der Waals surface area contributed by atoms with E-state index in [9.17, 15) is 19.7 Å². The Hall–Kier alpha value is -2.56. The lowest BCUT2D eigenvalue weighted by molar-refractivity contribution is -0.384. The van der Waals surface area contributed by atoms with Gasteiger partial charge < -0.3 is 0 Å². The molecular weight excluding hydrogens is 454 g/mol. The highest BCUT2D eigenvalue weighted by molar-refractivity contribution is 9.10.